The van der Waals surface area contributed by atoms with Crippen LogP contribution in [0, 0.1) is 0 Å². The Kier molecular flexibility index (Phi) is 2.73. The highest BCUT2D eigenvalue weighted by Crippen LogP contribution is 2.24. The number of aromatic carboxylic acids is 1. The van der Waals surface area contributed by atoms with Crippen molar-refractivity contribution < 1.29 is 9.90 Å². The van der Waals surface area contributed by atoms with E-state index in [0.717, 1.165) is 6.07 Å². The molecule has 0 atom stereocenters. The van der Waals surface area contributed by atoms with Crippen LogP contribution < -0.4 is 5.43 Å². The third kappa shape index (κ3) is 1.83. The molecule has 0 aliphatic heterocycles. The Bertz CT molecular complexity index is 650. The van der Waals surface area contributed by atoms with Crippen molar-refractivity contribution in [3.05, 3.63) is 43.6 Å². The number of nitrogens with one attached hydrogen (secondary N) is 1. The first kappa shape index (κ1) is 11.2. The van der Waals surface area contributed by atoms with Crippen molar-refractivity contribution in [3.63, 3.8) is 0 Å². The van der Waals surface area contributed by atoms with E-state index in [9.17, 15) is 9.59 Å². The van der Waals surface area contributed by atoms with Gasteiger partial charge in [-0.1, -0.05) is 27.5 Å². The van der Waals surface area contributed by atoms with E-state index in [4.69, 9.17) is 16.7 Å². The Morgan fingerprint density at radius 1 is 1.38 bits per heavy atom. The number of carboxylic acid groups (broad SMARTS) is 1. The van der Waals surface area contributed by atoms with Crippen LogP contribution in [0.4, 0.5) is 0 Å². The van der Waals surface area contributed by atoms with Crippen molar-refractivity contribution >= 4 is 44.4 Å². The van der Waals surface area contributed by atoms with Crippen LogP contribution in [0.3, 0.4) is 0 Å². The largest absolute Gasteiger partial charge is 0.477 e. The molecule has 0 aliphatic carbocycles. The van der Waals surface area contributed by atoms with Crippen LogP contribution in [0.2, 0.25) is 5.02 Å². The molecule has 0 spiro atoms. The summed E-state index contributed by atoms with van der Waals surface area (Å²) in [4.78, 5) is 25.0. The number of H-pyrrole nitrogens is 1. The van der Waals surface area contributed by atoms with E-state index >= 15 is 0 Å². The van der Waals surface area contributed by atoms with Gasteiger partial charge in [0.05, 0.1) is 15.9 Å². The summed E-state index contributed by atoms with van der Waals surface area (Å²) in [6.07, 6.45) is 0. The van der Waals surface area contributed by atoms with Gasteiger partial charge in [0.25, 0.3) is 0 Å². The highest BCUT2D eigenvalue weighted by molar-refractivity contribution is 9.10. The van der Waals surface area contributed by atoms with Crippen molar-refractivity contribution in [1.29, 1.82) is 0 Å². The van der Waals surface area contributed by atoms with Gasteiger partial charge in [-0.3, -0.25) is 4.79 Å². The van der Waals surface area contributed by atoms with Crippen molar-refractivity contribution in [1.82, 2.24) is 4.98 Å². The second kappa shape index (κ2) is 3.92. The Morgan fingerprint density at radius 3 is 2.69 bits per heavy atom. The molecule has 0 radical (unpaired) electrons. The molecule has 0 aliphatic rings. The summed E-state index contributed by atoms with van der Waals surface area (Å²) in [6.45, 7) is 0. The van der Waals surface area contributed by atoms with Crippen LogP contribution in [0.5, 0.6) is 0 Å². The van der Waals surface area contributed by atoms with Crippen LogP contribution in [-0.2, 0) is 0 Å². The lowest BCUT2D eigenvalue weighted by Crippen LogP contribution is -2.09. The Hall–Kier alpha value is -1.33. The van der Waals surface area contributed by atoms with Crippen LogP contribution in [0.25, 0.3) is 10.9 Å². The normalized spacial score (nSPS) is 10.6. The predicted molar refractivity (Wildman–Crippen MR) is 64.2 cm³/mol. The zero-order valence-electron chi connectivity index (χ0n) is 7.75. The highest BCUT2D eigenvalue weighted by Gasteiger charge is 2.10. The predicted octanol–water partition coefficient (Wildman–Crippen LogP) is 2.64. The minimum atomic E-state index is -1.19. The van der Waals surface area contributed by atoms with Crippen LogP contribution in [0.1, 0.15) is 10.5 Å². The van der Waals surface area contributed by atoms with E-state index in [-0.39, 0.29) is 16.1 Å². The molecule has 16 heavy (non-hydrogen) atoms. The SMILES string of the molecule is O=C(O)c1cc(=O)c2c(Cl)cc(Br)cc2[nH]1. The lowest BCUT2D eigenvalue weighted by Gasteiger charge is -2.03. The van der Waals surface area contributed by atoms with Gasteiger partial charge in [0, 0.05) is 10.5 Å². The molecule has 4 nitrogen and oxygen atoms in total. The van der Waals surface area contributed by atoms with Gasteiger partial charge in [0.15, 0.2) is 5.43 Å². The van der Waals surface area contributed by atoms with Gasteiger partial charge < -0.3 is 10.1 Å². The number of aromatic nitrogens is 1. The van der Waals surface area contributed by atoms with Crippen LogP contribution in [0.15, 0.2) is 27.5 Å². The van der Waals surface area contributed by atoms with Crippen molar-refractivity contribution in [2.75, 3.05) is 0 Å². The lowest BCUT2D eigenvalue weighted by atomic mass is 10.2. The van der Waals surface area contributed by atoms with E-state index in [2.05, 4.69) is 20.9 Å². The lowest BCUT2D eigenvalue weighted by molar-refractivity contribution is 0.0691. The Balaban J connectivity index is 2.93. The second-order valence-electron chi connectivity index (χ2n) is 3.16. The molecular formula is C10H5BrClNO3. The molecule has 1 aromatic heterocycles. The fourth-order valence-electron chi connectivity index (χ4n) is 1.42. The molecule has 2 aromatic rings. The van der Waals surface area contributed by atoms with Gasteiger partial charge in [-0.05, 0) is 12.1 Å². The summed E-state index contributed by atoms with van der Waals surface area (Å²) in [7, 11) is 0. The highest BCUT2D eigenvalue weighted by atomic mass is 79.9. The molecule has 82 valence electrons. The van der Waals surface area contributed by atoms with Gasteiger partial charge in [0.1, 0.15) is 5.69 Å². The molecule has 0 amide bonds. The molecule has 2 N–H and O–H groups in total. The number of rotatable bonds is 1. The van der Waals surface area contributed by atoms with E-state index in [1.807, 2.05) is 0 Å². The number of carbonyl (C=O) groups is 1. The van der Waals surface area contributed by atoms with Crippen molar-refractivity contribution in [2.24, 2.45) is 0 Å². The number of hydrogen-bond acceptors (Lipinski definition) is 2. The average Bonchev–Trinajstić information content (AvgIpc) is 2.15. The molecule has 0 saturated heterocycles. The summed E-state index contributed by atoms with van der Waals surface area (Å²) in [6, 6.07) is 4.21. The zero-order chi connectivity index (χ0) is 11.9. The van der Waals surface area contributed by atoms with Gasteiger partial charge in [-0.15, -0.1) is 0 Å². The molecule has 0 bridgehead atoms. The summed E-state index contributed by atoms with van der Waals surface area (Å²) < 4.78 is 0.670. The molecular weight excluding hydrogens is 297 g/mol. The molecule has 1 heterocycles. The summed E-state index contributed by atoms with van der Waals surface area (Å²) in [5.41, 5.74) is -0.181. The number of hydrogen-bond donors (Lipinski definition) is 2. The topological polar surface area (TPSA) is 70.2 Å². The molecule has 1 aromatic carbocycles. The van der Waals surface area contributed by atoms with E-state index in [1.165, 1.54) is 0 Å². The third-order valence-electron chi connectivity index (χ3n) is 2.08. The molecule has 0 fully saturated rings. The number of fused-ring (bicyclic) bond motifs is 1. The molecule has 0 saturated carbocycles. The Morgan fingerprint density at radius 2 is 2.06 bits per heavy atom. The maximum atomic E-state index is 11.7. The van der Waals surface area contributed by atoms with Crippen molar-refractivity contribution in [3.8, 4) is 0 Å². The minimum Gasteiger partial charge on any atom is -0.477 e. The first-order valence-electron chi connectivity index (χ1n) is 4.24. The van der Waals surface area contributed by atoms with E-state index < -0.39 is 11.4 Å². The van der Waals surface area contributed by atoms with Crippen LogP contribution >= 0.6 is 27.5 Å². The number of pyridine rings is 1. The van der Waals surface area contributed by atoms with Gasteiger partial charge in [-0.25, -0.2) is 4.79 Å². The number of benzene rings is 1. The molecule has 2 rings (SSSR count). The van der Waals surface area contributed by atoms with E-state index in [1.54, 1.807) is 12.1 Å². The molecule has 0 unspecified atom stereocenters. The summed E-state index contributed by atoms with van der Waals surface area (Å²) in [5, 5.41) is 9.36. The van der Waals surface area contributed by atoms with Gasteiger partial charge in [-0.2, -0.15) is 0 Å². The third-order valence-corrected chi connectivity index (χ3v) is 2.83. The Labute approximate surface area is 103 Å². The first-order chi connectivity index (χ1) is 7.49. The monoisotopic (exact) mass is 301 g/mol. The average molecular weight is 303 g/mol. The maximum absolute atomic E-state index is 11.7. The van der Waals surface area contributed by atoms with Gasteiger partial charge in [0.2, 0.25) is 0 Å². The zero-order valence-corrected chi connectivity index (χ0v) is 10.1. The minimum absolute atomic E-state index is 0.160. The number of carboxylic acids is 1. The maximum Gasteiger partial charge on any atom is 0.352 e. The second-order valence-corrected chi connectivity index (χ2v) is 4.49. The van der Waals surface area contributed by atoms with Gasteiger partial charge >= 0.3 is 5.97 Å². The summed E-state index contributed by atoms with van der Waals surface area (Å²) >= 11 is 9.12. The fourth-order valence-corrected chi connectivity index (χ4v) is 2.32. The van der Waals surface area contributed by atoms with E-state index in [0.29, 0.717) is 9.99 Å². The summed E-state index contributed by atoms with van der Waals surface area (Å²) in [5.74, 6) is -1.19. The fraction of sp³-hybridized carbons (Fsp3) is 0. The smallest absolute Gasteiger partial charge is 0.352 e. The van der Waals surface area contributed by atoms with Crippen LogP contribution in [-0.4, -0.2) is 16.1 Å². The standard InChI is InChI=1S/C10H5BrClNO3/c11-4-1-5(12)9-6(2-4)13-7(10(15)16)3-8(9)14/h1-3H,(H,13,14)(H,15,16). The first-order valence-corrected chi connectivity index (χ1v) is 5.41. The number of aromatic amines is 1. The number of halogens is 2. The quantitative estimate of drug-likeness (QED) is 0.851. The van der Waals surface area contributed by atoms with Crippen molar-refractivity contribution in [2.45, 2.75) is 0 Å². The molecule has 6 heteroatoms.